The molecular weight excluding hydrogens is 284 g/mol. The van der Waals surface area contributed by atoms with Crippen LogP contribution in [0.2, 0.25) is 0 Å². The molecule has 1 N–H and O–H groups in total. The number of nitrogens with zero attached hydrogens (tertiary/aromatic N) is 4. The number of hydrogen-bond acceptors (Lipinski definition) is 6. The third kappa shape index (κ3) is 3.78. The summed E-state index contributed by atoms with van der Waals surface area (Å²) in [5.41, 5.74) is -0.499. The predicted molar refractivity (Wildman–Crippen MR) is 82.9 cm³/mol. The summed E-state index contributed by atoms with van der Waals surface area (Å²) >= 11 is 0. The maximum absolute atomic E-state index is 12.2. The van der Waals surface area contributed by atoms with Gasteiger partial charge in [0.2, 0.25) is 5.95 Å². The molecule has 0 aromatic carbocycles. The van der Waals surface area contributed by atoms with E-state index in [0.29, 0.717) is 19.0 Å². The Morgan fingerprint density at radius 2 is 1.73 bits per heavy atom. The van der Waals surface area contributed by atoms with Crippen molar-refractivity contribution in [2.45, 2.75) is 52.3 Å². The minimum Gasteiger partial charge on any atom is -0.505 e. The molecule has 1 aliphatic heterocycles. The van der Waals surface area contributed by atoms with Crippen LogP contribution in [0.25, 0.3) is 0 Å². The molecule has 0 unspecified atom stereocenters. The van der Waals surface area contributed by atoms with Gasteiger partial charge in [0.15, 0.2) is 5.75 Å². The first-order valence-corrected chi connectivity index (χ1v) is 7.44. The van der Waals surface area contributed by atoms with Gasteiger partial charge in [0.1, 0.15) is 5.60 Å². The number of rotatable bonds is 1. The van der Waals surface area contributed by atoms with Crippen molar-refractivity contribution in [1.29, 1.82) is 0 Å². The van der Waals surface area contributed by atoms with Crippen LogP contribution in [0.5, 0.6) is 5.75 Å². The van der Waals surface area contributed by atoms with Crippen LogP contribution < -0.4 is 4.90 Å². The van der Waals surface area contributed by atoms with E-state index in [9.17, 15) is 9.90 Å². The molecular formula is C15H24N4O3. The Hall–Kier alpha value is -2.05. The van der Waals surface area contributed by atoms with Gasteiger partial charge in [-0.05, 0) is 34.6 Å². The lowest BCUT2D eigenvalue weighted by atomic mass is 10.1. The summed E-state index contributed by atoms with van der Waals surface area (Å²) in [4.78, 5) is 24.3. The molecule has 22 heavy (non-hydrogen) atoms. The lowest BCUT2D eigenvalue weighted by Crippen LogP contribution is -2.59. The monoisotopic (exact) mass is 308 g/mol. The number of amides is 1. The van der Waals surface area contributed by atoms with Gasteiger partial charge in [0.05, 0.1) is 12.4 Å². The number of hydrogen-bond donors (Lipinski definition) is 1. The molecule has 0 radical (unpaired) electrons. The molecule has 0 aliphatic carbocycles. The molecule has 1 fully saturated rings. The molecule has 1 saturated heterocycles. The van der Waals surface area contributed by atoms with Crippen LogP contribution in [0.15, 0.2) is 12.4 Å². The van der Waals surface area contributed by atoms with Crippen LogP contribution in [0, 0.1) is 0 Å². The van der Waals surface area contributed by atoms with Gasteiger partial charge in [-0.15, -0.1) is 0 Å². The van der Waals surface area contributed by atoms with E-state index in [2.05, 4.69) is 14.9 Å². The first kappa shape index (κ1) is 16.3. The highest BCUT2D eigenvalue weighted by Gasteiger charge is 2.35. The highest BCUT2D eigenvalue weighted by molar-refractivity contribution is 5.68. The van der Waals surface area contributed by atoms with Gasteiger partial charge in [-0.3, -0.25) is 0 Å². The molecule has 1 aromatic heterocycles. The van der Waals surface area contributed by atoms with Crippen molar-refractivity contribution >= 4 is 12.0 Å². The van der Waals surface area contributed by atoms with Gasteiger partial charge in [-0.25, -0.2) is 14.8 Å². The maximum atomic E-state index is 12.2. The first-order valence-electron chi connectivity index (χ1n) is 7.44. The van der Waals surface area contributed by atoms with Gasteiger partial charge in [0.25, 0.3) is 0 Å². The summed E-state index contributed by atoms with van der Waals surface area (Å²) in [5, 5.41) is 9.30. The third-order valence-corrected chi connectivity index (χ3v) is 3.43. The van der Waals surface area contributed by atoms with Crippen molar-refractivity contribution in [3.63, 3.8) is 0 Å². The van der Waals surface area contributed by atoms with Crippen LogP contribution in [-0.4, -0.2) is 56.8 Å². The number of anilines is 1. The van der Waals surface area contributed by atoms with Crippen LogP contribution >= 0.6 is 0 Å². The van der Waals surface area contributed by atoms with Crippen LogP contribution in [0.1, 0.15) is 34.6 Å². The smallest absolute Gasteiger partial charge is 0.410 e. The summed E-state index contributed by atoms with van der Waals surface area (Å²) in [6, 6.07) is 0.113. The number of ether oxygens (including phenoxy) is 1. The molecule has 2 atom stereocenters. The lowest BCUT2D eigenvalue weighted by molar-refractivity contribution is 0.0192. The minimum absolute atomic E-state index is 0.0384. The summed E-state index contributed by atoms with van der Waals surface area (Å²) in [6.45, 7) is 10.7. The average molecular weight is 308 g/mol. The third-order valence-electron chi connectivity index (χ3n) is 3.43. The number of carbonyl (C=O) groups excluding carboxylic acids is 1. The van der Waals surface area contributed by atoms with Crippen molar-refractivity contribution in [1.82, 2.24) is 14.9 Å². The van der Waals surface area contributed by atoms with E-state index in [1.54, 1.807) is 4.90 Å². The fourth-order valence-electron chi connectivity index (χ4n) is 2.64. The molecule has 0 spiro atoms. The van der Waals surface area contributed by atoms with Crippen molar-refractivity contribution < 1.29 is 14.6 Å². The Balaban J connectivity index is 2.09. The van der Waals surface area contributed by atoms with Gasteiger partial charge < -0.3 is 19.6 Å². The topological polar surface area (TPSA) is 78.8 Å². The molecule has 1 aliphatic rings. The molecule has 0 bridgehead atoms. The number of piperazine rings is 1. The van der Waals surface area contributed by atoms with E-state index >= 15 is 0 Å². The Morgan fingerprint density at radius 3 is 2.18 bits per heavy atom. The SMILES string of the molecule is C[C@@H]1CN(C(=O)OC(C)(C)C)C[C@H](C)N1c1ncc(O)cn1. The second-order valence-electron chi connectivity index (χ2n) is 6.73. The average Bonchev–Trinajstić information content (AvgIpc) is 2.38. The second kappa shape index (κ2) is 5.98. The Labute approximate surface area is 130 Å². The summed E-state index contributed by atoms with van der Waals surface area (Å²) in [6.07, 6.45) is 2.46. The summed E-state index contributed by atoms with van der Waals surface area (Å²) in [5.74, 6) is 0.595. The number of aromatic nitrogens is 2. The maximum Gasteiger partial charge on any atom is 0.410 e. The largest absolute Gasteiger partial charge is 0.505 e. The Bertz CT molecular complexity index is 515. The fraction of sp³-hybridized carbons (Fsp3) is 0.667. The van der Waals surface area contributed by atoms with Crippen molar-refractivity contribution in [3.05, 3.63) is 12.4 Å². The molecule has 122 valence electrons. The molecule has 1 amide bonds. The Morgan fingerprint density at radius 1 is 1.23 bits per heavy atom. The van der Waals surface area contributed by atoms with Gasteiger partial charge in [0, 0.05) is 25.2 Å². The summed E-state index contributed by atoms with van der Waals surface area (Å²) < 4.78 is 5.43. The van der Waals surface area contributed by atoms with Crippen LogP contribution in [0.3, 0.4) is 0 Å². The molecule has 7 nitrogen and oxygen atoms in total. The minimum atomic E-state index is -0.499. The zero-order valence-electron chi connectivity index (χ0n) is 13.8. The summed E-state index contributed by atoms with van der Waals surface area (Å²) in [7, 11) is 0. The molecule has 7 heteroatoms. The van der Waals surface area contributed by atoms with E-state index in [1.165, 1.54) is 12.4 Å². The van der Waals surface area contributed by atoms with E-state index < -0.39 is 5.60 Å². The molecule has 1 aromatic rings. The lowest BCUT2D eigenvalue weighted by Gasteiger charge is -2.44. The van der Waals surface area contributed by atoms with E-state index in [-0.39, 0.29) is 23.9 Å². The Kier molecular flexibility index (Phi) is 4.44. The first-order chi connectivity index (χ1) is 10.2. The van der Waals surface area contributed by atoms with Gasteiger partial charge in [-0.1, -0.05) is 0 Å². The fourth-order valence-corrected chi connectivity index (χ4v) is 2.64. The number of carbonyl (C=O) groups is 1. The standard InChI is InChI=1S/C15H24N4O3/c1-10-8-18(14(21)22-15(3,4)5)9-11(2)19(10)13-16-6-12(20)7-17-13/h6-7,10-11,20H,8-9H2,1-5H3/t10-,11+. The molecule has 2 heterocycles. The van der Waals surface area contributed by atoms with Crippen molar-refractivity contribution in [2.24, 2.45) is 0 Å². The van der Waals surface area contributed by atoms with Gasteiger partial charge >= 0.3 is 6.09 Å². The normalized spacial score (nSPS) is 22.6. The van der Waals surface area contributed by atoms with Crippen LogP contribution in [0.4, 0.5) is 10.7 Å². The van der Waals surface area contributed by atoms with Crippen molar-refractivity contribution in [3.8, 4) is 5.75 Å². The van der Waals surface area contributed by atoms with E-state index in [1.807, 2.05) is 34.6 Å². The molecule has 0 saturated carbocycles. The van der Waals surface area contributed by atoms with Gasteiger partial charge in [-0.2, -0.15) is 0 Å². The van der Waals surface area contributed by atoms with Crippen LogP contribution in [-0.2, 0) is 4.74 Å². The number of aromatic hydroxyl groups is 1. The van der Waals surface area contributed by atoms with Crippen molar-refractivity contribution in [2.75, 3.05) is 18.0 Å². The predicted octanol–water partition coefficient (Wildman–Crippen LogP) is 2.02. The highest BCUT2D eigenvalue weighted by atomic mass is 16.6. The quantitative estimate of drug-likeness (QED) is 0.855. The zero-order valence-corrected chi connectivity index (χ0v) is 13.8. The van der Waals surface area contributed by atoms with E-state index in [4.69, 9.17) is 4.74 Å². The second-order valence-corrected chi connectivity index (χ2v) is 6.73. The van der Waals surface area contributed by atoms with E-state index in [0.717, 1.165) is 0 Å². The zero-order chi connectivity index (χ0) is 16.5. The molecule has 2 rings (SSSR count). The highest BCUT2D eigenvalue weighted by Crippen LogP contribution is 2.23.